The molecule has 8 nitrogen and oxygen atoms in total. The normalized spacial score (nSPS) is 17.0. The molecule has 0 amide bonds. The van der Waals surface area contributed by atoms with Crippen LogP contribution in [0.25, 0.3) is 16.8 Å². The number of benzene rings is 2. The molecular weight excluding hydrogens is 360 g/mol. The maximum Gasteiger partial charge on any atom is 0.308 e. The fourth-order valence-corrected chi connectivity index (χ4v) is 5.42. The Labute approximate surface area is 136 Å². The third-order valence-electron chi connectivity index (χ3n) is 3.81. The quantitative estimate of drug-likeness (QED) is 0.665. The van der Waals surface area contributed by atoms with Gasteiger partial charge in [0.25, 0.3) is 20.2 Å². The van der Waals surface area contributed by atoms with E-state index in [1.807, 2.05) is 0 Å². The summed E-state index contributed by atoms with van der Waals surface area (Å²) in [5, 5.41) is 10.2. The van der Waals surface area contributed by atoms with Crippen molar-refractivity contribution >= 4 is 42.9 Å². The molecule has 3 N–H and O–H groups in total. The van der Waals surface area contributed by atoms with E-state index in [1.165, 1.54) is 24.3 Å². The summed E-state index contributed by atoms with van der Waals surface area (Å²) in [5.41, 5.74) is -0.596. The van der Waals surface area contributed by atoms with Crippen LogP contribution in [-0.4, -0.2) is 36.8 Å². The summed E-state index contributed by atoms with van der Waals surface area (Å²) in [5.74, 6) is -1.58. The van der Waals surface area contributed by atoms with Gasteiger partial charge in [0.2, 0.25) is 5.78 Å². The summed E-state index contributed by atoms with van der Waals surface area (Å²) < 4.78 is 62.8. The Morgan fingerprint density at radius 2 is 1.46 bits per heavy atom. The van der Waals surface area contributed by atoms with Crippen LogP contribution in [0.1, 0.15) is 11.1 Å². The lowest BCUT2D eigenvalue weighted by Crippen LogP contribution is -2.50. The number of rotatable bonds is 2. The second-order valence-electron chi connectivity index (χ2n) is 5.24. The molecule has 2 aromatic rings. The summed E-state index contributed by atoms with van der Waals surface area (Å²) in [6.45, 7) is 0. The van der Waals surface area contributed by atoms with Gasteiger partial charge in [-0.1, -0.05) is 12.1 Å². The van der Waals surface area contributed by atoms with Crippen LogP contribution in [0.5, 0.6) is 5.75 Å². The van der Waals surface area contributed by atoms with Crippen LogP contribution >= 0.6 is 0 Å². The smallest absolute Gasteiger partial charge is 0.308 e. The van der Waals surface area contributed by atoms with Gasteiger partial charge in [0.05, 0.1) is 0 Å². The number of allylic oxidation sites excluding steroid dienone is 1. The van der Waals surface area contributed by atoms with E-state index >= 15 is 0 Å². The maximum absolute atomic E-state index is 12.2. The first-order valence-corrected chi connectivity index (χ1v) is 9.30. The molecule has 0 spiro atoms. The summed E-state index contributed by atoms with van der Waals surface area (Å²) in [6, 6.07) is 6.39. The molecule has 0 bridgehead atoms. The van der Waals surface area contributed by atoms with Gasteiger partial charge in [-0.05, 0) is 46.7 Å². The van der Waals surface area contributed by atoms with Gasteiger partial charge in [-0.25, -0.2) is 0 Å². The van der Waals surface area contributed by atoms with E-state index in [0.29, 0.717) is 16.8 Å². The number of aromatic hydroxyl groups is 1. The number of fused-ring (bicyclic) bond motifs is 2. The highest BCUT2D eigenvalue weighted by Gasteiger charge is 2.63. The second kappa shape index (κ2) is 4.86. The molecule has 0 unspecified atom stereocenters. The zero-order valence-electron chi connectivity index (χ0n) is 11.7. The topological polar surface area (TPSA) is 146 Å². The molecule has 126 valence electrons. The van der Waals surface area contributed by atoms with Gasteiger partial charge < -0.3 is 5.11 Å². The zero-order chi connectivity index (χ0) is 17.9. The minimum absolute atomic E-state index is 0.0112. The number of hydrogen-bond donors (Lipinski definition) is 3. The van der Waals surface area contributed by atoms with Gasteiger partial charge >= 0.3 is 4.08 Å². The summed E-state index contributed by atoms with van der Waals surface area (Å²) in [6.07, 6.45) is 1.81. The molecule has 2 aromatic carbocycles. The molecule has 24 heavy (non-hydrogen) atoms. The maximum atomic E-state index is 12.2. The number of hydrogen-bond acceptors (Lipinski definition) is 6. The van der Waals surface area contributed by atoms with Gasteiger partial charge in [-0.2, -0.15) is 16.8 Å². The molecule has 1 aliphatic carbocycles. The van der Waals surface area contributed by atoms with Crippen molar-refractivity contribution in [2.45, 2.75) is 4.08 Å². The minimum Gasteiger partial charge on any atom is -0.508 e. The van der Waals surface area contributed by atoms with Crippen LogP contribution in [0.2, 0.25) is 0 Å². The third kappa shape index (κ3) is 2.08. The van der Waals surface area contributed by atoms with Crippen LogP contribution < -0.4 is 0 Å². The van der Waals surface area contributed by atoms with Crippen LogP contribution in [0.3, 0.4) is 0 Å². The van der Waals surface area contributed by atoms with Crippen molar-refractivity contribution in [3.8, 4) is 5.75 Å². The first-order valence-electron chi connectivity index (χ1n) is 6.42. The standard InChI is InChI=1S/C14H10O8S2/c15-11-3-1-8-7-12-9(5-10(8)6-11)2-4-13(16)14(12,23(17,18)19)24(20,21)22/h1-7,15H,(H,17,18,19)(H,20,21,22). The van der Waals surface area contributed by atoms with E-state index in [1.54, 1.807) is 0 Å². The molecule has 0 aliphatic heterocycles. The average Bonchev–Trinajstić information content (AvgIpc) is 2.42. The molecule has 0 aromatic heterocycles. The highest BCUT2D eigenvalue weighted by molar-refractivity contribution is 8.05. The molecular formula is C14H10O8S2. The van der Waals surface area contributed by atoms with Crippen LogP contribution in [0.4, 0.5) is 0 Å². The summed E-state index contributed by atoms with van der Waals surface area (Å²) in [7, 11) is -11.1. The van der Waals surface area contributed by atoms with Gasteiger partial charge in [0.15, 0.2) is 0 Å². The van der Waals surface area contributed by atoms with Crippen molar-refractivity contribution in [3.05, 3.63) is 47.5 Å². The van der Waals surface area contributed by atoms with Crippen LogP contribution in [0, 0.1) is 0 Å². The molecule has 0 heterocycles. The van der Waals surface area contributed by atoms with E-state index in [9.17, 15) is 35.8 Å². The Kier molecular flexibility index (Phi) is 3.36. The zero-order valence-corrected chi connectivity index (χ0v) is 13.4. The van der Waals surface area contributed by atoms with Crippen LogP contribution in [-0.2, 0) is 29.1 Å². The van der Waals surface area contributed by atoms with Crippen molar-refractivity contribution in [1.29, 1.82) is 0 Å². The van der Waals surface area contributed by atoms with Gasteiger partial charge in [-0.15, -0.1) is 0 Å². The number of ketones is 1. The monoisotopic (exact) mass is 370 g/mol. The fraction of sp³-hybridized carbons (Fsp3) is 0.0714. The van der Waals surface area contributed by atoms with E-state index < -0.39 is 35.7 Å². The minimum atomic E-state index is -5.57. The van der Waals surface area contributed by atoms with E-state index in [2.05, 4.69) is 0 Å². The Morgan fingerprint density at radius 1 is 0.833 bits per heavy atom. The molecule has 1 aliphatic rings. The fourth-order valence-electron chi connectivity index (χ4n) is 2.80. The number of carbonyl (C=O) groups excluding carboxylic acids is 1. The van der Waals surface area contributed by atoms with E-state index in [0.717, 1.165) is 12.1 Å². The molecule has 10 heteroatoms. The number of carbonyl (C=O) groups is 1. The van der Waals surface area contributed by atoms with Gasteiger partial charge in [0.1, 0.15) is 5.75 Å². The van der Waals surface area contributed by atoms with Crippen molar-refractivity contribution in [2.24, 2.45) is 0 Å². The van der Waals surface area contributed by atoms with E-state index in [4.69, 9.17) is 0 Å². The second-order valence-corrected chi connectivity index (χ2v) is 8.62. The van der Waals surface area contributed by atoms with Gasteiger partial charge in [0, 0.05) is 5.56 Å². The molecule has 3 rings (SSSR count). The highest BCUT2D eigenvalue weighted by atomic mass is 32.3. The lowest BCUT2D eigenvalue weighted by Gasteiger charge is -2.29. The Morgan fingerprint density at radius 3 is 2.04 bits per heavy atom. The molecule has 0 fully saturated rings. The third-order valence-corrected chi connectivity index (χ3v) is 7.37. The molecule has 0 saturated heterocycles. The molecule has 0 atom stereocenters. The summed E-state index contributed by atoms with van der Waals surface area (Å²) in [4.78, 5) is 12.2. The highest BCUT2D eigenvalue weighted by Crippen LogP contribution is 2.43. The molecule has 0 radical (unpaired) electrons. The number of phenolic OH excluding ortho intramolecular Hbond substituents is 1. The lowest BCUT2D eigenvalue weighted by atomic mass is 9.92. The Hall–Kier alpha value is -2.27. The summed E-state index contributed by atoms with van der Waals surface area (Å²) >= 11 is 0. The predicted molar refractivity (Wildman–Crippen MR) is 84.4 cm³/mol. The first-order chi connectivity index (χ1) is 11.0. The number of phenols is 1. The predicted octanol–water partition coefficient (Wildman–Crippen LogP) is 1.07. The lowest BCUT2D eigenvalue weighted by molar-refractivity contribution is -0.115. The van der Waals surface area contributed by atoms with Crippen molar-refractivity contribution in [3.63, 3.8) is 0 Å². The molecule has 0 saturated carbocycles. The van der Waals surface area contributed by atoms with Crippen molar-refractivity contribution in [2.75, 3.05) is 0 Å². The average molecular weight is 370 g/mol. The van der Waals surface area contributed by atoms with Crippen LogP contribution in [0.15, 0.2) is 36.4 Å². The Bertz CT molecular complexity index is 1090. The van der Waals surface area contributed by atoms with E-state index in [-0.39, 0.29) is 11.3 Å². The largest absolute Gasteiger partial charge is 0.508 e. The van der Waals surface area contributed by atoms with Crippen molar-refractivity contribution < 1.29 is 35.8 Å². The van der Waals surface area contributed by atoms with Gasteiger partial charge in [-0.3, -0.25) is 13.9 Å². The van der Waals surface area contributed by atoms with Crippen molar-refractivity contribution in [1.82, 2.24) is 0 Å². The SMILES string of the molecule is O=C1C=Cc2cc3cc(O)ccc3cc2C1(S(=O)(=O)O)S(=O)(=O)O. The Balaban J connectivity index is 2.55. The first kappa shape index (κ1) is 16.6.